The van der Waals surface area contributed by atoms with Crippen LogP contribution in [-0.2, 0) is 12.4 Å². The summed E-state index contributed by atoms with van der Waals surface area (Å²) in [7, 11) is 3.15. The first kappa shape index (κ1) is 21.1. The van der Waals surface area contributed by atoms with Gasteiger partial charge in [0.05, 0.1) is 19.9 Å². The first-order chi connectivity index (χ1) is 15.1. The first-order valence-electron chi connectivity index (χ1n) is 9.15. The summed E-state index contributed by atoms with van der Waals surface area (Å²) in [4.78, 5) is 4.54. The molecule has 0 aliphatic carbocycles. The van der Waals surface area contributed by atoms with Crippen LogP contribution < -0.4 is 14.2 Å². The second-order valence-corrected chi connectivity index (χ2v) is 8.08. The van der Waals surface area contributed by atoms with Crippen LogP contribution >= 0.6 is 23.1 Å². The molecule has 31 heavy (non-hydrogen) atoms. The Bertz CT molecular complexity index is 1150. The van der Waals surface area contributed by atoms with Crippen LogP contribution in [0.1, 0.15) is 10.7 Å². The summed E-state index contributed by atoms with van der Waals surface area (Å²) in [6.45, 7) is 0.324. The fraction of sp³-hybridized carbons (Fsp3) is 0.190. The summed E-state index contributed by atoms with van der Waals surface area (Å²) < 4.78 is 34.9. The van der Waals surface area contributed by atoms with Gasteiger partial charge in [-0.3, -0.25) is 0 Å². The van der Waals surface area contributed by atoms with Gasteiger partial charge in [0.1, 0.15) is 23.2 Å². The maximum absolute atomic E-state index is 12.9. The van der Waals surface area contributed by atoms with Gasteiger partial charge >= 0.3 is 0 Å². The predicted octanol–water partition coefficient (Wildman–Crippen LogP) is 5.22. The van der Waals surface area contributed by atoms with Gasteiger partial charge in [0.15, 0.2) is 11.5 Å². The fourth-order valence-corrected chi connectivity index (χ4v) is 4.11. The van der Waals surface area contributed by atoms with Crippen LogP contribution in [0, 0.1) is 5.82 Å². The molecule has 0 aliphatic heterocycles. The Morgan fingerprint density at radius 3 is 2.61 bits per heavy atom. The molecule has 0 atom stereocenters. The Hall–Kier alpha value is -3.11. The molecule has 0 N–H and O–H groups in total. The molecule has 0 bridgehead atoms. The van der Waals surface area contributed by atoms with E-state index < -0.39 is 0 Å². The second kappa shape index (κ2) is 9.80. The minimum Gasteiger partial charge on any atom is -0.493 e. The lowest BCUT2D eigenvalue weighted by Gasteiger charge is -2.07. The van der Waals surface area contributed by atoms with Gasteiger partial charge in [-0.1, -0.05) is 11.8 Å². The third kappa shape index (κ3) is 5.33. The van der Waals surface area contributed by atoms with Crippen molar-refractivity contribution in [2.75, 3.05) is 14.2 Å². The van der Waals surface area contributed by atoms with E-state index in [9.17, 15) is 4.39 Å². The van der Waals surface area contributed by atoms with Gasteiger partial charge < -0.3 is 18.6 Å². The van der Waals surface area contributed by atoms with Crippen molar-refractivity contribution >= 4 is 23.1 Å². The van der Waals surface area contributed by atoms with Gasteiger partial charge in [0.2, 0.25) is 5.89 Å². The number of thiazole rings is 1. The SMILES string of the molecule is COc1ccc(-c2nnc(SCc3csc(COc4ccc(F)cc4)n3)o2)cc1OC. The topological polar surface area (TPSA) is 79.5 Å². The summed E-state index contributed by atoms with van der Waals surface area (Å²) in [5, 5.41) is 11.4. The van der Waals surface area contributed by atoms with Crippen LogP contribution in [0.5, 0.6) is 17.2 Å². The molecule has 10 heteroatoms. The molecule has 4 rings (SSSR count). The van der Waals surface area contributed by atoms with Crippen LogP contribution in [0.2, 0.25) is 0 Å². The highest BCUT2D eigenvalue weighted by Crippen LogP contribution is 2.33. The zero-order chi connectivity index (χ0) is 21.6. The number of hydrogen-bond donors (Lipinski definition) is 0. The molecule has 160 valence electrons. The lowest BCUT2D eigenvalue weighted by Crippen LogP contribution is -1.95. The highest BCUT2D eigenvalue weighted by atomic mass is 32.2. The third-order valence-electron chi connectivity index (χ3n) is 4.16. The van der Waals surface area contributed by atoms with Crippen molar-refractivity contribution in [1.82, 2.24) is 15.2 Å². The van der Waals surface area contributed by atoms with Crippen molar-refractivity contribution in [1.29, 1.82) is 0 Å². The van der Waals surface area contributed by atoms with Crippen LogP contribution in [0.15, 0.2) is 57.5 Å². The Labute approximate surface area is 186 Å². The highest BCUT2D eigenvalue weighted by Gasteiger charge is 2.13. The van der Waals surface area contributed by atoms with Crippen molar-refractivity contribution in [3.63, 3.8) is 0 Å². The van der Waals surface area contributed by atoms with E-state index in [2.05, 4.69) is 15.2 Å². The minimum atomic E-state index is -0.295. The quantitative estimate of drug-likeness (QED) is 0.315. The molecule has 0 unspecified atom stereocenters. The lowest BCUT2D eigenvalue weighted by atomic mass is 10.2. The number of halogens is 1. The molecule has 0 saturated heterocycles. The van der Waals surface area contributed by atoms with Crippen molar-refractivity contribution in [2.45, 2.75) is 17.6 Å². The summed E-state index contributed by atoms with van der Waals surface area (Å²) in [6, 6.07) is 11.3. The summed E-state index contributed by atoms with van der Waals surface area (Å²) >= 11 is 2.90. The van der Waals surface area contributed by atoms with E-state index in [0.29, 0.717) is 40.7 Å². The average molecular weight is 460 g/mol. The fourth-order valence-electron chi connectivity index (χ4n) is 2.65. The van der Waals surface area contributed by atoms with Crippen molar-refractivity contribution in [3.8, 4) is 28.7 Å². The maximum atomic E-state index is 12.9. The number of hydrogen-bond acceptors (Lipinski definition) is 9. The average Bonchev–Trinajstić information content (AvgIpc) is 3.46. The highest BCUT2D eigenvalue weighted by molar-refractivity contribution is 7.98. The van der Waals surface area contributed by atoms with Crippen LogP contribution in [-0.4, -0.2) is 29.4 Å². The molecular weight excluding hydrogens is 441 g/mol. The van der Waals surface area contributed by atoms with Crippen LogP contribution in [0.25, 0.3) is 11.5 Å². The van der Waals surface area contributed by atoms with Gasteiger partial charge in [-0.05, 0) is 42.5 Å². The number of ether oxygens (including phenoxy) is 3. The molecule has 0 spiro atoms. The Balaban J connectivity index is 1.33. The molecule has 7 nitrogen and oxygen atoms in total. The molecule has 0 radical (unpaired) electrons. The van der Waals surface area contributed by atoms with E-state index in [4.69, 9.17) is 18.6 Å². The van der Waals surface area contributed by atoms with Gasteiger partial charge in [-0.25, -0.2) is 9.37 Å². The summed E-state index contributed by atoms with van der Waals surface area (Å²) in [5.41, 5.74) is 1.63. The van der Waals surface area contributed by atoms with Gasteiger partial charge in [0, 0.05) is 16.7 Å². The van der Waals surface area contributed by atoms with Crippen LogP contribution in [0.3, 0.4) is 0 Å². The molecule has 0 amide bonds. The standard InChI is InChI=1S/C21H18FN3O4S2/c1-26-17-8-3-13(9-18(17)27-2)20-24-25-21(29-20)31-12-15-11-30-19(23-15)10-28-16-6-4-14(22)5-7-16/h3-9,11H,10,12H2,1-2H3. The van der Waals surface area contributed by atoms with Crippen LogP contribution in [0.4, 0.5) is 4.39 Å². The first-order valence-corrected chi connectivity index (χ1v) is 11.0. The van der Waals surface area contributed by atoms with Gasteiger partial charge in [-0.2, -0.15) is 0 Å². The molecule has 0 saturated carbocycles. The summed E-state index contributed by atoms with van der Waals surface area (Å²) in [6.07, 6.45) is 0. The van der Waals surface area contributed by atoms with E-state index in [1.165, 1.54) is 35.2 Å². The Morgan fingerprint density at radius 1 is 1.03 bits per heavy atom. The van der Waals surface area contributed by atoms with E-state index in [1.807, 2.05) is 11.4 Å². The predicted molar refractivity (Wildman–Crippen MR) is 115 cm³/mol. The number of nitrogens with zero attached hydrogens (tertiary/aromatic N) is 3. The normalized spacial score (nSPS) is 10.8. The van der Waals surface area contributed by atoms with Gasteiger partial charge in [-0.15, -0.1) is 21.5 Å². The smallest absolute Gasteiger partial charge is 0.277 e. The Morgan fingerprint density at radius 2 is 1.84 bits per heavy atom. The monoisotopic (exact) mass is 459 g/mol. The molecule has 2 heterocycles. The number of rotatable bonds is 9. The third-order valence-corrected chi connectivity index (χ3v) is 5.88. The number of aromatic nitrogens is 3. The van der Waals surface area contributed by atoms with E-state index in [-0.39, 0.29) is 5.82 Å². The number of methoxy groups -OCH3 is 2. The zero-order valence-corrected chi connectivity index (χ0v) is 18.3. The van der Waals surface area contributed by atoms with E-state index in [1.54, 1.807) is 38.5 Å². The molecule has 4 aromatic rings. The summed E-state index contributed by atoms with van der Waals surface area (Å²) in [5.74, 6) is 2.50. The zero-order valence-electron chi connectivity index (χ0n) is 16.7. The molecule has 2 aromatic heterocycles. The molecule has 2 aromatic carbocycles. The molecular formula is C21H18FN3O4S2. The largest absolute Gasteiger partial charge is 0.493 e. The number of thioether (sulfide) groups is 1. The molecule has 0 aliphatic rings. The second-order valence-electron chi connectivity index (χ2n) is 6.21. The maximum Gasteiger partial charge on any atom is 0.277 e. The van der Waals surface area contributed by atoms with Crippen molar-refractivity contribution in [3.05, 3.63) is 64.4 Å². The van der Waals surface area contributed by atoms with Gasteiger partial charge in [0.25, 0.3) is 5.22 Å². The minimum absolute atomic E-state index is 0.295. The molecule has 0 fully saturated rings. The van der Waals surface area contributed by atoms with Crippen molar-refractivity contribution < 1.29 is 23.0 Å². The number of benzene rings is 2. The Kier molecular flexibility index (Phi) is 6.68. The van der Waals surface area contributed by atoms with Crippen molar-refractivity contribution in [2.24, 2.45) is 0 Å². The van der Waals surface area contributed by atoms with E-state index >= 15 is 0 Å². The lowest BCUT2D eigenvalue weighted by molar-refractivity contribution is 0.305. The van der Waals surface area contributed by atoms with E-state index in [0.717, 1.165) is 16.3 Å².